The van der Waals surface area contributed by atoms with Crippen molar-refractivity contribution >= 4 is 0 Å². The lowest BCUT2D eigenvalue weighted by Crippen LogP contribution is -1.97. The van der Waals surface area contributed by atoms with Gasteiger partial charge in [0.15, 0.2) is 0 Å². The maximum Gasteiger partial charge on any atom is 0.00636 e. The van der Waals surface area contributed by atoms with Crippen LogP contribution in [0.25, 0.3) is 0 Å². The van der Waals surface area contributed by atoms with E-state index in [0.29, 0.717) is 5.92 Å². The Hall–Kier alpha value is -1.82. The molecule has 0 saturated heterocycles. The maximum atomic E-state index is 3.00. The zero-order chi connectivity index (χ0) is 12.7. The predicted octanol–water partition coefficient (Wildman–Crippen LogP) is 4.95. The van der Waals surface area contributed by atoms with E-state index >= 15 is 0 Å². The van der Waals surface area contributed by atoms with E-state index < -0.39 is 0 Å². The van der Waals surface area contributed by atoms with Crippen molar-refractivity contribution in [1.29, 1.82) is 0 Å². The van der Waals surface area contributed by atoms with Gasteiger partial charge in [-0.1, -0.05) is 61.5 Å². The molecule has 1 atom stereocenters. The van der Waals surface area contributed by atoms with Gasteiger partial charge in [0.05, 0.1) is 0 Å². The minimum absolute atomic E-state index is 0.479. The Morgan fingerprint density at radius 1 is 0.824 bits per heavy atom. The van der Waals surface area contributed by atoms with Crippen LogP contribution < -0.4 is 0 Å². The van der Waals surface area contributed by atoms with Gasteiger partial charge in [-0.2, -0.15) is 0 Å². The molecule has 0 saturated carbocycles. The molecule has 2 rings (SSSR count). The second-order valence-electron chi connectivity index (χ2n) is 3.99. The Balaban J connectivity index is 0.000000686. The first kappa shape index (κ1) is 13.2. The fraction of sp³-hybridized carbons (Fsp3) is 0.176. The Bertz CT molecular complexity index is 443. The standard InChI is InChI=1S/C15H16.C2H4/c1-12-8-6-7-11-15(12)13(2)14-9-4-3-5-10-14;1-2/h3-11,13H,1-2H3;1-2H2. The molecule has 0 spiro atoms. The van der Waals surface area contributed by atoms with Crippen molar-refractivity contribution in [2.45, 2.75) is 19.8 Å². The Morgan fingerprint density at radius 3 is 1.94 bits per heavy atom. The van der Waals surface area contributed by atoms with Crippen LogP contribution in [0.3, 0.4) is 0 Å². The number of rotatable bonds is 2. The number of benzene rings is 2. The summed E-state index contributed by atoms with van der Waals surface area (Å²) in [7, 11) is 0. The van der Waals surface area contributed by atoms with Gasteiger partial charge in [0, 0.05) is 5.92 Å². The third kappa shape index (κ3) is 3.32. The van der Waals surface area contributed by atoms with Crippen LogP contribution in [0.2, 0.25) is 0 Å². The molecule has 0 aliphatic carbocycles. The SMILES string of the molecule is C=C.Cc1ccccc1C(C)c1ccccc1. The monoisotopic (exact) mass is 224 g/mol. The fourth-order valence-electron chi connectivity index (χ4n) is 1.99. The summed E-state index contributed by atoms with van der Waals surface area (Å²) in [5.41, 5.74) is 4.17. The molecule has 0 heteroatoms. The van der Waals surface area contributed by atoms with Crippen LogP contribution in [-0.4, -0.2) is 0 Å². The van der Waals surface area contributed by atoms with Crippen LogP contribution in [0, 0.1) is 6.92 Å². The largest absolute Gasteiger partial charge is 0.106 e. The highest BCUT2D eigenvalue weighted by Crippen LogP contribution is 2.25. The molecule has 0 nitrogen and oxygen atoms in total. The molecule has 0 heterocycles. The van der Waals surface area contributed by atoms with Crippen molar-refractivity contribution in [2.75, 3.05) is 0 Å². The van der Waals surface area contributed by atoms with Gasteiger partial charge in [-0.05, 0) is 23.6 Å². The van der Waals surface area contributed by atoms with E-state index in [1.165, 1.54) is 16.7 Å². The van der Waals surface area contributed by atoms with Gasteiger partial charge in [0.25, 0.3) is 0 Å². The van der Waals surface area contributed by atoms with Crippen LogP contribution in [0.1, 0.15) is 29.5 Å². The summed E-state index contributed by atoms with van der Waals surface area (Å²) in [6.45, 7) is 10.4. The van der Waals surface area contributed by atoms with Gasteiger partial charge in [0.2, 0.25) is 0 Å². The summed E-state index contributed by atoms with van der Waals surface area (Å²) < 4.78 is 0. The highest BCUT2D eigenvalue weighted by atomic mass is 14.1. The first-order valence-electron chi connectivity index (χ1n) is 5.89. The van der Waals surface area contributed by atoms with Crippen LogP contribution >= 0.6 is 0 Å². The summed E-state index contributed by atoms with van der Waals surface area (Å²) in [4.78, 5) is 0. The van der Waals surface area contributed by atoms with E-state index in [1.54, 1.807) is 0 Å². The van der Waals surface area contributed by atoms with Crippen LogP contribution in [0.5, 0.6) is 0 Å². The van der Waals surface area contributed by atoms with E-state index in [2.05, 4.69) is 81.6 Å². The van der Waals surface area contributed by atoms with Crippen molar-refractivity contribution < 1.29 is 0 Å². The molecule has 0 aliphatic rings. The first-order chi connectivity index (χ1) is 8.29. The van der Waals surface area contributed by atoms with Crippen molar-refractivity contribution in [1.82, 2.24) is 0 Å². The maximum absolute atomic E-state index is 3.00. The van der Waals surface area contributed by atoms with Crippen molar-refractivity contribution in [3.8, 4) is 0 Å². The van der Waals surface area contributed by atoms with E-state index in [9.17, 15) is 0 Å². The molecule has 17 heavy (non-hydrogen) atoms. The fourth-order valence-corrected chi connectivity index (χ4v) is 1.99. The molecule has 2 aromatic carbocycles. The average molecular weight is 224 g/mol. The molecule has 88 valence electrons. The smallest absolute Gasteiger partial charge is 0.00636 e. The van der Waals surface area contributed by atoms with Crippen molar-refractivity contribution in [2.24, 2.45) is 0 Å². The van der Waals surface area contributed by atoms with Crippen LogP contribution in [0.4, 0.5) is 0 Å². The number of hydrogen-bond donors (Lipinski definition) is 0. The van der Waals surface area contributed by atoms with Gasteiger partial charge in [-0.15, -0.1) is 13.2 Å². The molecule has 0 bridgehead atoms. The molecule has 0 fully saturated rings. The molecule has 0 amide bonds. The lowest BCUT2D eigenvalue weighted by molar-refractivity contribution is 0.910. The molecular weight excluding hydrogens is 204 g/mol. The van der Waals surface area contributed by atoms with Gasteiger partial charge in [-0.3, -0.25) is 0 Å². The van der Waals surface area contributed by atoms with Gasteiger partial charge >= 0.3 is 0 Å². The summed E-state index contributed by atoms with van der Waals surface area (Å²) >= 11 is 0. The van der Waals surface area contributed by atoms with Crippen LogP contribution in [-0.2, 0) is 0 Å². The van der Waals surface area contributed by atoms with Gasteiger partial charge in [-0.25, -0.2) is 0 Å². The lowest BCUT2D eigenvalue weighted by Gasteiger charge is -2.14. The molecule has 0 aromatic heterocycles. The molecule has 2 aromatic rings. The quantitative estimate of drug-likeness (QED) is 0.633. The molecule has 0 aliphatic heterocycles. The summed E-state index contributed by atoms with van der Waals surface area (Å²) in [5, 5.41) is 0. The molecule has 1 unspecified atom stereocenters. The van der Waals surface area contributed by atoms with Gasteiger partial charge in [0.1, 0.15) is 0 Å². The van der Waals surface area contributed by atoms with E-state index in [0.717, 1.165) is 0 Å². The highest BCUT2D eigenvalue weighted by molar-refractivity contribution is 5.36. The third-order valence-electron chi connectivity index (χ3n) is 2.95. The predicted molar refractivity (Wildman–Crippen MR) is 76.4 cm³/mol. The van der Waals surface area contributed by atoms with Gasteiger partial charge < -0.3 is 0 Å². The minimum atomic E-state index is 0.479. The zero-order valence-electron chi connectivity index (χ0n) is 10.7. The third-order valence-corrected chi connectivity index (χ3v) is 2.95. The second-order valence-corrected chi connectivity index (χ2v) is 3.99. The summed E-state index contributed by atoms with van der Waals surface area (Å²) in [5.74, 6) is 0.479. The topological polar surface area (TPSA) is 0 Å². The Morgan fingerprint density at radius 2 is 1.35 bits per heavy atom. The number of hydrogen-bond acceptors (Lipinski definition) is 0. The molecule has 0 radical (unpaired) electrons. The van der Waals surface area contributed by atoms with Crippen molar-refractivity contribution in [3.05, 3.63) is 84.4 Å². The van der Waals surface area contributed by atoms with Crippen molar-refractivity contribution in [3.63, 3.8) is 0 Å². The van der Waals surface area contributed by atoms with E-state index in [-0.39, 0.29) is 0 Å². The minimum Gasteiger partial charge on any atom is -0.106 e. The first-order valence-corrected chi connectivity index (χ1v) is 5.89. The highest BCUT2D eigenvalue weighted by Gasteiger charge is 2.09. The molecule has 0 N–H and O–H groups in total. The summed E-state index contributed by atoms with van der Waals surface area (Å²) in [6.07, 6.45) is 0. The Labute approximate surface area is 105 Å². The van der Waals surface area contributed by atoms with E-state index in [1.807, 2.05) is 0 Å². The van der Waals surface area contributed by atoms with Crippen LogP contribution in [0.15, 0.2) is 67.8 Å². The Kier molecular flexibility index (Phi) is 5.22. The lowest BCUT2D eigenvalue weighted by atomic mass is 9.90. The second kappa shape index (κ2) is 6.70. The average Bonchev–Trinajstić information content (AvgIpc) is 2.42. The zero-order valence-corrected chi connectivity index (χ0v) is 10.7. The summed E-state index contributed by atoms with van der Waals surface area (Å²) in [6, 6.07) is 19.2. The normalized spacial score (nSPS) is 11.2. The molecular formula is C17H20. The number of aryl methyl sites for hydroxylation is 1. The van der Waals surface area contributed by atoms with E-state index in [4.69, 9.17) is 0 Å².